The summed E-state index contributed by atoms with van der Waals surface area (Å²) in [6.07, 6.45) is 2.39. The smallest absolute Gasteiger partial charge is 0.326 e. The van der Waals surface area contributed by atoms with Gasteiger partial charge in [0, 0.05) is 32.9 Å². The van der Waals surface area contributed by atoms with Gasteiger partial charge in [-0.3, -0.25) is 0 Å². The normalized spacial score (nSPS) is 19.3. The first-order valence-electron chi connectivity index (χ1n) is 11.6. The number of hydrogen-bond acceptors (Lipinski definition) is 8. The van der Waals surface area contributed by atoms with E-state index in [2.05, 4.69) is 5.10 Å². The summed E-state index contributed by atoms with van der Waals surface area (Å²) in [6.45, 7) is 3.80. The number of ether oxygens (including phenoxy) is 3. The van der Waals surface area contributed by atoms with Crippen molar-refractivity contribution in [1.29, 1.82) is 0 Å². The Morgan fingerprint density at radius 2 is 2.00 bits per heavy atom. The Kier molecular flexibility index (Phi) is 7.89. The summed E-state index contributed by atoms with van der Waals surface area (Å²) in [4.78, 5) is 13.6. The van der Waals surface area contributed by atoms with Gasteiger partial charge in [-0.25, -0.2) is 17.9 Å². The average molecular weight is 528 g/mol. The monoisotopic (exact) mass is 527 g/mol. The number of carboxylic acids is 1. The predicted octanol–water partition coefficient (Wildman–Crippen LogP) is 3.11. The molecule has 35 heavy (non-hydrogen) atoms. The molecule has 2 aliphatic rings. The van der Waals surface area contributed by atoms with Crippen molar-refractivity contribution in [3.05, 3.63) is 28.9 Å². The Bertz CT molecular complexity index is 1180. The third-order valence-corrected chi connectivity index (χ3v) is 8.75. The van der Waals surface area contributed by atoms with Crippen molar-refractivity contribution in [3.63, 3.8) is 0 Å². The fourth-order valence-corrected chi connectivity index (χ4v) is 6.84. The molecule has 1 aromatic heterocycles. The van der Waals surface area contributed by atoms with Crippen molar-refractivity contribution in [2.45, 2.75) is 54.5 Å². The lowest BCUT2D eigenvalue weighted by atomic mass is 10.1. The molecule has 1 aromatic carbocycles. The van der Waals surface area contributed by atoms with E-state index in [0.29, 0.717) is 75.9 Å². The summed E-state index contributed by atoms with van der Waals surface area (Å²) in [5.41, 5.74) is 0.305. The summed E-state index contributed by atoms with van der Waals surface area (Å²) in [7, 11) is -2.58. The van der Waals surface area contributed by atoms with E-state index in [1.807, 2.05) is 0 Å². The number of aryl methyl sites for hydroxylation is 1. The second-order valence-electron chi connectivity index (χ2n) is 8.65. The largest absolute Gasteiger partial charge is 0.491 e. The fraction of sp³-hybridized carbons (Fsp3) is 0.565. The van der Waals surface area contributed by atoms with E-state index in [-0.39, 0.29) is 20.9 Å². The average Bonchev–Trinajstić information content (AvgIpc) is 3.44. The number of sulfone groups is 1. The van der Waals surface area contributed by atoms with Gasteiger partial charge in [0.25, 0.3) is 0 Å². The van der Waals surface area contributed by atoms with Crippen molar-refractivity contribution in [2.24, 2.45) is 0 Å². The van der Waals surface area contributed by atoms with Crippen molar-refractivity contribution in [2.75, 3.05) is 45.0 Å². The molecule has 0 saturated carbocycles. The van der Waals surface area contributed by atoms with Crippen LogP contribution in [0.5, 0.6) is 5.75 Å². The molecule has 1 unspecified atom stereocenters. The highest BCUT2D eigenvalue weighted by atomic mass is 35.5. The van der Waals surface area contributed by atoms with E-state index < -0.39 is 21.8 Å². The molecule has 2 saturated heterocycles. The number of benzene rings is 1. The van der Waals surface area contributed by atoms with Crippen LogP contribution in [0.4, 0.5) is 5.82 Å². The molecular weight excluding hydrogens is 498 g/mol. The Morgan fingerprint density at radius 3 is 2.66 bits per heavy atom. The quantitative estimate of drug-likeness (QED) is 0.490. The van der Waals surface area contributed by atoms with Crippen LogP contribution in [-0.4, -0.2) is 75.4 Å². The van der Waals surface area contributed by atoms with Crippen LogP contribution in [-0.2, 0) is 24.1 Å². The van der Waals surface area contributed by atoms with Gasteiger partial charge in [0.1, 0.15) is 29.1 Å². The lowest BCUT2D eigenvalue weighted by Gasteiger charge is -2.30. The predicted molar refractivity (Wildman–Crippen MR) is 128 cm³/mol. The van der Waals surface area contributed by atoms with Gasteiger partial charge in [-0.05, 0) is 44.7 Å². The molecule has 2 fully saturated rings. The fourth-order valence-electron chi connectivity index (χ4n) is 4.70. The molecule has 3 heterocycles. The van der Waals surface area contributed by atoms with E-state index in [1.165, 1.54) is 12.1 Å². The summed E-state index contributed by atoms with van der Waals surface area (Å²) >= 11 is 6.43. The van der Waals surface area contributed by atoms with Gasteiger partial charge >= 0.3 is 5.97 Å². The summed E-state index contributed by atoms with van der Waals surface area (Å²) in [5, 5.41) is 14.5. The third-order valence-electron chi connectivity index (χ3n) is 6.37. The number of hydrogen-bond donors (Lipinski definition) is 1. The van der Waals surface area contributed by atoms with Gasteiger partial charge in [-0.1, -0.05) is 11.6 Å². The Hall–Kier alpha value is -2.34. The van der Waals surface area contributed by atoms with Crippen molar-refractivity contribution < 1.29 is 32.5 Å². The molecule has 12 heteroatoms. The van der Waals surface area contributed by atoms with Gasteiger partial charge in [-0.15, -0.1) is 0 Å². The van der Waals surface area contributed by atoms with Crippen LogP contribution < -0.4 is 9.64 Å². The van der Waals surface area contributed by atoms with E-state index in [4.69, 9.17) is 25.8 Å². The highest BCUT2D eigenvalue weighted by molar-refractivity contribution is 7.91. The van der Waals surface area contributed by atoms with Gasteiger partial charge in [0.2, 0.25) is 9.84 Å². The van der Waals surface area contributed by atoms with Crippen LogP contribution in [0.25, 0.3) is 0 Å². The molecule has 4 rings (SSSR count). The molecular formula is C23H30ClN3O7S. The summed E-state index contributed by atoms with van der Waals surface area (Å²) < 4.78 is 45.7. The van der Waals surface area contributed by atoms with E-state index in [1.54, 1.807) is 29.7 Å². The summed E-state index contributed by atoms with van der Waals surface area (Å²) in [5.74, 6) is -0.249. The van der Waals surface area contributed by atoms with Gasteiger partial charge < -0.3 is 24.2 Å². The molecule has 0 bridgehead atoms. The van der Waals surface area contributed by atoms with Crippen LogP contribution in [0.3, 0.4) is 0 Å². The van der Waals surface area contributed by atoms with E-state index in [0.717, 1.165) is 0 Å². The van der Waals surface area contributed by atoms with Gasteiger partial charge in [-0.2, -0.15) is 5.10 Å². The number of nitrogens with zero attached hydrogens (tertiary/aromatic N) is 3. The molecule has 0 aliphatic carbocycles. The number of aliphatic carboxylic acids is 1. The van der Waals surface area contributed by atoms with E-state index >= 15 is 0 Å². The first-order chi connectivity index (χ1) is 16.8. The number of aromatic nitrogens is 2. The number of rotatable bonds is 9. The zero-order valence-electron chi connectivity index (χ0n) is 19.8. The molecule has 1 N–H and O–H groups in total. The topological polar surface area (TPSA) is 120 Å². The Balaban J connectivity index is 1.81. The highest BCUT2D eigenvalue weighted by Crippen LogP contribution is 2.41. The molecule has 1 atom stereocenters. The molecule has 2 aliphatic heterocycles. The Labute approximate surface area is 209 Å². The Morgan fingerprint density at radius 1 is 1.26 bits per heavy atom. The van der Waals surface area contributed by atoms with Crippen LogP contribution in [0.15, 0.2) is 28.0 Å². The first-order valence-corrected chi connectivity index (χ1v) is 13.4. The minimum Gasteiger partial charge on any atom is -0.491 e. The van der Waals surface area contributed by atoms with Crippen LogP contribution in [0, 0.1) is 6.92 Å². The maximum Gasteiger partial charge on any atom is 0.326 e. The summed E-state index contributed by atoms with van der Waals surface area (Å²) in [6, 6.07) is 3.49. The maximum atomic E-state index is 14.0. The first kappa shape index (κ1) is 25.7. The second-order valence-corrected chi connectivity index (χ2v) is 10.9. The van der Waals surface area contributed by atoms with Gasteiger partial charge in [0.15, 0.2) is 0 Å². The van der Waals surface area contributed by atoms with Crippen molar-refractivity contribution in [1.82, 2.24) is 9.78 Å². The third kappa shape index (κ3) is 5.13. The van der Waals surface area contributed by atoms with Gasteiger partial charge in [0.05, 0.1) is 28.3 Å². The number of carbonyl (C=O) groups is 1. The zero-order chi connectivity index (χ0) is 25.2. The molecule has 192 valence electrons. The number of methoxy groups -OCH3 is 1. The second kappa shape index (κ2) is 10.7. The van der Waals surface area contributed by atoms with E-state index in [9.17, 15) is 18.3 Å². The van der Waals surface area contributed by atoms with Crippen LogP contribution >= 0.6 is 11.6 Å². The lowest BCUT2D eigenvalue weighted by molar-refractivity contribution is -0.138. The van der Waals surface area contributed by atoms with Crippen molar-refractivity contribution in [3.8, 4) is 5.75 Å². The molecule has 2 aromatic rings. The van der Waals surface area contributed by atoms with Crippen LogP contribution in [0.1, 0.15) is 37.4 Å². The minimum absolute atomic E-state index is 0.00732. The van der Waals surface area contributed by atoms with Crippen LogP contribution in [0.2, 0.25) is 5.02 Å². The number of carboxylic acid groups (broad SMARTS) is 1. The zero-order valence-corrected chi connectivity index (χ0v) is 21.3. The number of halogens is 1. The highest BCUT2D eigenvalue weighted by Gasteiger charge is 2.40. The molecule has 0 amide bonds. The minimum atomic E-state index is -4.14. The number of anilines is 1. The SMILES string of the molecule is COCCOc1ccc(S(=O)(=O)c2c(C)nn(C3CCOCC3)c2N2CCCC2C(=O)O)c(Cl)c1. The van der Waals surface area contributed by atoms with Crippen molar-refractivity contribution >= 4 is 33.2 Å². The maximum absolute atomic E-state index is 14.0. The molecule has 10 nitrogen and oxygen atoms in total. The standard InChI is InChI=1S/C23H30ClN3O7S/c1-15-21(35(30,31)20-6-5-17(14-18(20)24)34-13-12-32-2)22(26-9-3-4-19(26)23(28)29)27(25-15)16-7-10-33-11-8-16/h5-6,14,16,19H,3-4,7-13H2,1-2H3,(H,28,29). The molecule has 0 spiro atoms. The molecule has 0 radical (unpaired) electrons. The lowest BCUT2D eigenvalue weighted by Crippen LogP contribution is -2.39.